The zero-order valence-corrected chi connectivity index (χ0v) is 6.36. The second kappa shape index (κ2) is 2.64. The SMILES string of the molecule is N[C@@H]1C=CC=CC1(Cl)[N+](=O)[O-]. The minimum atomic E-state index is -1.66. The molecule has 0 aromatic rings. The van der Waals surface area contributed by atoms with Crippen LogP contribution in [0.15, 0.2) is 24.3 Å². The lowest BCUT2D eigenvalue weighted by Crippen LogP contribution is -2.47. The highest BCUT2D eigenvalue weighted by Gasteiger charge is 2.44. The number of rotatable bonds is 1. The van der Waals surface area contributed by atoms with Crippen LogP contribution in [-0.2, 0) is 0 Å². The highest BCUT2D eigenvalue weighted by molar-refractivity contribution is 6.24. The number of halogens is 1. The van der Waals surface area contributed by atoms with Crippen molar-refractivity contribution in [2.24, 2.45) is 5.73 Å². The van der Waals surface area contributed by atoms with E-state index in [0.717, 1.165) is 0 Å². The zero-order chi connectivity index (χ0) is 8.48. The van der Waals surface area contributed by atoms with Crippen LogP contribution < -0.4 is 5.73 Å². The van der Waals surface area contributed by atoms with Crippen molar-refractivity contribution in [3.63, 3.8) is 0 Å². The van der Waals surface area contributed by atoms with Gasteiger partial charge >= 0.3 is 5.00 Å². The Labute approximate surface area is 68.5 Å². The molecule has 2 atom stereocenters. The smallest absolute Gasteiger partial charge is 0.317 e. The van der Waals surface area contributed by atoms with Crippen LogP contribution in [0.5, 0.6) is 0 Å². The summed E-state index contributed by atoms with van der Waals surface area (Å²) in [6.07, 6.45) is 5.92. The third kappa shape index (κ3) is 1.27. The van der Waals surface area contributed by atoms with Crippen molar-refractivity contribution < 1.29 is 4.92 Å². The minimum Gasteiger partial charge on any atom is -0.317 e. The molecule has 0 heterocycles. The number of nitrogens with zero attached hydrogens (tertiary/aromatic N) is 1. The maximum Gasteiger partial charge on any atom is 0.332 e. The van der Waals surface area contributed by atoms with Crippen LogP contribution in [-0.4, -0.2) is 16.0 Å². The lowest BCUT2D eigenvalue weighted by Gasteiger charge is -2.20. The maximum absolute atomic E-state index is 10.4. The topological polar surface area (TPSA) is 69.2 Å². The van der Waals surface area contributed by atoms with Gasteiger partial charge in [-0.3, -0.25) is 10.1 Å². The second-order valence-electron chi connectivity index (χ2n) is 2.25. The molecule has 1 rings (SSSR count). The quantitative estimate of drug-likeness (QED) is 0.275. The number of hydrogen-bond acceptors (Lipinski definition) is 3. The monoisotopic (exact) mass is 174 g/mol. The molecule has 0 aromatic carbocycles. The maximum atomic E-state index is 10.4. The van der Waals surface area contributed by atoms with Gasteiger partial charge in [-0.1, -0.05) is 18.2 Å². The summed E-state index contributed by atoms with van der Waals surface area (Å²) in [5, 5.41) is 10.4. The third-order valence-corrected chi connectivity index (χ3v) is 2.02. The first-order valence-electron chi connectivity index (χ1n) is 3.02. The summed E-state index contributed by atoms with van der Waals surface area (Å²) in [4.78, 5) is 8.14. The molecule has 0 spiro atoms. The Bertz CT molecular complexity index is 239. The summed E-state index contributed by atoms with van der Waals surface area (Å²) in [7, 11) is 0. The number of allylic oxidation sites excluding steroid dienone is 2. The fraction of sp³-hybridized carbons (Fsp3) is 0.333. The van der Waals surface area contributed by atoms with E-state index in [4.69, 9.17) is 17.3 Å². The van der Waals surface area contributed by atoms with E-state index in [1.165, 1.54) is 18.2 Å². The van der Waals surface area contributed by atoms with Crippen molar-refractivity contribution >= 4 is 11.6 Å². The Morgan fingerprint density at radius 3 is 2.64 bits per heavy atom. The minimum absolute atomic E-state index is 0.598. The van der Waals surface area contributed by atoms with E-state index in [2.05, 4.69) is 0 Å². The van der Waals surface area contributed by atoms with Crippen molar-refractivity contribution in [1.82, 2.24) is 0 Å². The predicted molar refractivity (Wildman–Crippen MR) is 41.8 cm³/mol. The van der Waals surface area contributed by atoms with Crippen LogP contribution in [0.2, 0.25) is 0 Å². The van der Waals surface area contributed by atoms with E-state index in [1.807, 2.05) is 0 Å². The molecular formula is C6H7ClN2O2. The van der Waals surface area contributed by atoms with Crippen LogP contribution in [0.4, 0.5) is 0 Å². The molecule has 4 nitrogen and oxygen atoms in total. The Morgan fingerprint density at radius 1 is 1.64 bits per heavy atom. The van der Waals surface area contributed by atoms with Crippen LogP contribution in [0, 0.1) is 10.1 Å². The number of nitrogens with two attached hydrogens (primary N) is 1. The first kappa shape index (κ1) is 8.23. The van der Waals surface area contributed by atoms with Crippen LogP contribution in [0.1, 0.15) is 0 Å². The lowest BCUT2D eigenvalue weighted by molar-refractivity contribution is -0.529. The molecule has 0 bridgehead atoms. The van der Waals surface area contributed by atoms with Crippen LogP contribution in [0.3, 0.4) is 0 Å². The van der Waals surface area contributed by atoms with Gasteiger partial charge in [-0.05, 0) is 11.6 Å². The molecule has 11 heavy (non-hydrogen) atoms. The van der Waals surface area contributed by atoms with Crippen molar-refractivity contribution in [3.8, 4) is 0 Å². The molecule has 5 heteroatoms. The average Bonchev–Trinajstić information content (AvgIpc) is 1.95. The van der Waals surface area contributed by atoms with Crippen LogP contribution >= 0.6 is 11.6 Å². The van der Waals surface area contributed by atoms with Gasteiger partial charge in [0.1, 0.15) is 6.04 Å². The number of nitro groups is 1. The summed E-state index contributed by atoms with van der Waals surface area (Å²) in [5.74, 6) is 0. The first-order valence-corrected chi connectivity index (χ1v) is 3.40. The van der Waals surface area contributed by atoms with Gasteiger partial charge in [0.15, 0.2) is 0 Å². The summed E-state index contributed by atoms with van der Waals surface area (Å²) in [6, 6.07) is -0.760. The van der Waals surface area contributed by atoms with Crippen molar-refractivity contribution in [1.29, 1.82) is 0 Å². The van der Waals surface area contributed by atoms with Gasteiger partial charge in [0.2, 0.25) is 0 Å². The molecule has 0 amide bonds. The van der Waals surface area contributed by atoms with E-state index >= 15 is 0 Å². The summed E-state index contributed by atoms with van der Waals surface area (Å²) >= 11 is 5.60. The molecule has 1 aliphatic carbocycles. The van der Waals surface area contributed by atoms with Gasteiger partial charge in [0, 0.05) is 11.0 Å². The van der Waals surface area contributed by atoms with E-state index in [9.17, 15) is 10.1 Å². The fourth-order valence-corrected chi connectivity index (χ4v) is 0.948. The molecule has 0 fully saturated rings. The van der Waals surface area contributed by atoms with Gasteiger partial charge in [0.05, 0.1) is 0 Å². The molecule has 2 N–H and O–H groups in total. The van der Waals surface area contributed by atoms with E-state index in [1.54, 1.807) is 6.08 Å². The molecule has 60 valence electrons. The van der Waals surface area contributed by atoms with Gasteiger partial charge in [-0.2, -0.15) is 0 Å². The van der Waals surface area contributed by atoms with Gasteiger partial charge in [-0.25, -0.2) is 0 Å². The van der Waals surface area contributed by atoms with Gasteiger partial charge in [0.25, 0.3) is 0 Å². The second-order valence-corrected chi connectivity index (χ2v) is 2.86. The normalized spacial score (nSPS) is 35.6. The molecule has 0 saturated carbocycles. The van der Waals surface area contributed by atoms with E-state index < -0.39 is 16.0 Å². The largest absolute Gasteiger partial charge is 0.332 e. The van der Waals surface area contributed by atoms with Crippen molar-refractivity contribution in [3.05, 3.63) is 34.4 Å². The lowest BCUT2D eigenvalue weighted by atomic mass is 10.0. The Balaban J connectivity index is 2.94. The Kier molecular flexibility index (Phi) is 1.97. The highest BCUT2D eigenvalue weighted by atomic mass is 35.5. The first-order chi connectivity index (χ1) is 5.07. The van der Waals surface area contributed by atoms with E-state index in [-0.39, 0.29) is 0 Å². The Hall–Kier alpha value is -0.870. The highest BCUT2D eigenvalue weighted by Crippen LogP contribution is 2.24. The molecule has 0 radical (unpaired) electrons. The van der Waals surface area contributed by atoms with Crippen LogP contribution in [0.25, 0.3) is 0 Å². The van der Waals surface area contributed by atoms with E-state index in [0.29, 0.717) is 0 Å². The standard InChI is InChI=1S/C6H7ClN2O2/c7-6(9(10)11)4-2-1-3-5(6)8/h1-5H,8H2/t5-,6?/m1/s1. The third-order valence-electron chi connectivity index (χ3n) is 1.51. The molecule has 0 saturated heterocycles. The van der Waals surface area contributed by atoms with Crippen molar-refractivity contribution in [2.45, 2.75) is 11.0 Å². The number of alkyl halides is 1. The molecule has 1 aliphatic rings. The predicted octanol–water partition coefficient (Wildman–Crippen LogP) is 0.651. The average molecular weight is 175 g/mol. The summed E-state index contributed by atoms with van der Waals surface area (Å²) < 4.78 is 0. The van der Waals surface area contributed by atoms with Gasteiger partial charge in [-0.15, -0.1) is 0 Å². The summed E-state index contributed by atoms with van der Waals surface area (Å²) in [6.45, 7) is 0. The molecule has 0 aliphatic heterocycles. The molecular weight excluding hydrogens is 168 g/mol. The Morgan fingerprint density at radius 2 is 2.27 bits per heavy atom. The van der Waals surface area contributed by atoms with Crippen molar-refractivity contribution in [2.75, 3.05) is 0 Å². The summed E-state index contributed by atoms with van der Waals surface area (Å²) in [5.41, 5.74) is 5.40. The molecule has 1 unspecified atom stereocenters. The van der Waals surface area contributed by atoms with Gasteiger partial charge < -0.3 is 5.73 Å². The fourth-order valence-electron chi connectivity index (χ4n) is 0.803. The number of hydrogen-bond donors (Lipinski definition) is 1. The zero-order valence-electron chi connectivity index (χ0n) is 5.61. The molecule has 0 aromatic heterocycles.